The van der Waals surface area contributed by atoms with Crippen LogP contribution >= 0.6 is 11.3 Å². The molecule has 0 unspecified atom stereocenters. The Morgan fingerprint density at radius 2 is 1.86 bits per heavy atom. The molecule has 0 saturated carbocycles. The van der Waals surface area contributed by atoms with E-state index in [-0.39, 0.29) is 6.03 Å². The van der Waals surface area contributed by atoms with Crippen LogP contribution in [0, 0.1) is 0 Å². The topological polar surface area (TPSA) is 72.5 Å². The van der Waals surface area contributed by atoms with Gasteiger partial charge in [-0.2, -0.15) is 0 Å². The highest BCUT2D eigenvalue weighted by Crippen LogP contribution is 2.39. The number of carbonyl (C=O) groups excluding carboxylic acids is 1. The average Bonchev–Trinajstić information content (AvgIpc) is 3.33. The van der Waals surface area contributed by atoms with Crippen LogP contribution in [0.25, 0.3) is 21.0 Å². The van der Waals surface area contributed by atoms with Crippen LogP contribution < -0.4 is 20.1 Å². The van der Waals surface area contributed by atoms with E-state index in [9.17, 15) is 4.79 Å². The first-order chi connectivity index (χ1) is 14.2. The summed E-state index contributed by atoms with van der Waals surface area (Å²) in [5.41, 5.74) is 4.21. The first-order valence-corrected chi connectivity index (χ1v) is 10.1. The van der Waals surface area contributed by atoms with E-state index in [2.05, 4.69) is 34.9 Å². The minimum absolute atomic E-state index is 0.382. The summed E-state index contributed by atoms with van der Waals surface area (Å²) < 4.78 is 11.7. The standard InChI is InChI=1S/C22H19N3O3S/c1-27-16-8-4-7-15(20(16)28-2)23-21(26)25-22-24-19-14-6-3-5-12-9-10-13(18(12)14)11-17(19)29-22/h3-8,11H,9-10H2,1-2H3,(H2,23,24,25,26). The van der Waals surface area contributed by atoms with E-state index in [0.29, 0.717) is 22.3 Å². The number of fused-ring (bicyclic) bond motifs is 2. The second kappa shape index (κ2) is 6.93. The summed E-state index contributed by atoms with van der Waals surface area (Å²) in [6.45, 7) is 0. The molecule has 146 valence electrons. The highest BCUT2D eigenvalue weighted by atomic mass is 32.1. The fourth-order valence-electron chi connectivity index (χ4n) is 3.99. The van der Waals surface area contributed by atoms with Crippen molar-refractivity contribution in [3.8, 4) is 11.5 Å². The van der Waals surface area contributed by atoms with E-state index >= 15 is 0 Å². The highest BCUT2D eigenvalue weighted by Gasteiger charge is 2.19. The van der Waals surface area contributed by atoms with Crippen LogP contribution in [0.15, 0.2) is 42.5 Å². The van der Waals surface area contributed by atoms with Crippen molar-refractivity contribution in [3.63, 3.8) is 0 Å². The molecule has 4 aromatic rings. The molecule has 0 saturated heterocycles. The van der Waals surface area contributed by atoms with Crippen molar-refractivity contribution in [1.29, 1.82) is 0 Å². The molecule has 3 aromatic carbocycles. The van der Waals surface area contributed by atoms with Crippen molar-refractivity contribution in [1.82, 2.24) is 4.98 Å². The van der Waals surface area contributed by atoms with Gasteiger partial charge < -0.3 is 14.8 Å². The normalized spacial score (nSPS) is 12.3. The highest BCUT2D eigenvalue weighted by molar-refractivity contribution is 7.22. The van der Waals surface area contributed by atoms with E-state index in [1.54, 1.807) is 25.3 Å². The zero-order valence-electron chi connectivity index (χ0n) is 16.0. The second-order valence-electron chi connectivity index (χ2n) is 6.86. The van der Waals surface area contributed by atoms with Gasteiger partial charge in [0.2, 0.25) is 0 Å². The first-order valence-electron chi connectivity index (χ1n) is 9.31. The largest absolute Gasteiger partial charge is 0.493 e. The van der Waals surface area contributed by atoms with Crippen LogP contribution in [0.1, 0.15) is 11.1 Å². The number of hydrogen-bond donors (Lipinski definition) is 2. The molecular formula is C22H19N3O3S. The van der Waals surface area contributed by atoms with Gasteiger partial charge in [0.1, 0.15) is 0 Å². The molecule has 29 heavy (non-hydrogen) atoms. The number of ether oxygens (including phenoxy) is 2. The molecule has 0 aliphatic heterocycles. The number of methoxy groups -OCH3 is 2. The first kappa shape index (κ1) is 17.8. The summed E-state index contributed by atoms with van der Waals surface area (Å²) in [6, 6.07) is 13.5. The molecule has 1 heterocycles. The van der Waals surface area contributed by atoms with Crippen LogP contribution in [-0.4, -0.2) is 25.2 Å². The molecule has 2 N–H and O–H groups in total. The minimum atomic E-state index is -0.382. The van der Waals surface area contributed by atoms with Gasteiger partial charge in [0.05, 0.1) is 30.1 Å². The summed E-state index contributed by atoms with van der Waals surface area (Å²) in [6.07, 6.45) is 2.14. The lowest BCUT2D eigenvalue weighted by Crippen LogP contribution is -2.19. The fraction of sp³-hybridized carbons (Fsp3) is 0.182. The number of rotatable bonds is 4. The maximum absolute atomic E-state index is 12.6. The van der Waals surface area contributed by atoms with E-state index < -0.39 is 0 Å². The lowest BCUT2D eigenvalue weighted by atomic mass is 10.0. The lowest BCUT2D eigenvalue weighted by Gasteiger charge is -2.13. The zero-order valence-corrected chi connectivity index (χ0v) is 16.9. The molecule has 0 radical (unpaired) electrons. The van der Waals surface area contributed by atoms with E-state index in [1.807, 2.05) is 0 Å². The Morgan fingerprint density at radius 1 is 1.03 bits per heavy atom. The second-order valence-corrected chi connectivity index (χ2v) is 7.89. The molecule has 2 amide bonds. The third-order valence-corrected chi connectivity index (χ3v) is 6.14. The Kier molecular flexibility index (Phi) is 4.24. The van der Waals surface area contributed by atoms with E-state index in [4.69, 9.17) is 14.5 Å². The Labute approximate surface area is 171 Å². The number of aromatic nitrogens is 1. The van der Waals surface area contributed by atoms with Gasteiger partial charge in [0.25, 0.3) is 0 Å². The third kappa shape index (κ3) is 2.94. The average molecular weight is 405 g/mol. The van der Waals surface area contributed by atoms with Crippen molar-refractivity contribution < 1.29 is 14.3 Å². The SMILES string of the molecule is COc1cccc(NC(=O)Nc2nc3c(cc4c5c(cccc53)CC4)s2)c1OC. The van der Waals surface area contributed by atoms with Crippen LogP contribution in [-0.2, 0) is 12.8 Å². The van der Waals surface area contributed by atoms with Crippen LogP contribution in [0.3, 0.4) is 0 Å². The Hall–Kier alpha value is -3.32. The number of urea groups is 1. The number of para-hydroxylation sites is 1. The number of carbonyl (C=O) groups is 1. The van der Waals surface area contributed by atoms with Crippen molar-refractivity contribution in [3.05, 3.63) is 53.6 Å². The summed E-state index contributed by atoms with van der Waals surface area (Å²) in [7, 11) is 3.09. The van der Waals surface area contributed by atoms with Gasteiger partial charge in [-0.25, -0.2) is 9.78 Å². The summed E-state index contributed by atoms with van der Waals surface area (Å²) in [5, 5.41) is 8.70. The summed E-state index contributed by atoms with van der Waals surface area (Å²) in [5.74, 6) is 1.02. The number of benzene rings is 3. The Bertz CT molecular complexity index is 1270. The monoisotopic (exact) mass is 405 g/mol. The van der Waals surface area contributed by atoms with Gasteiger partial charge in [-0.15, -0.1) is 0 Å². The molecule has 7 heteroatoms. The molecule has 1 aliphatic carbocycles. The molecule has 1 aromatic heterocycles. The van der Waals surface area contributed by atoms with E-state index in [1.165, 1.54) is 35.0 Å². The molecular weight excluding hydrogens is 386 g/mol. The Balaban J connectivity index is 1.45. The molecule has 0 atom stereocenters. The molecule has 0 spiro atoms. The number of hydrogen-bond acceptors (Lipinski definition) is 5. The van der Waals surface area contributed by atoms with E-state index in [0.717, 1.165) is 28.4 Å². The number of aryl methyl sites for hydroxylation is 2. The maximum Gasteiger partial charge on any atom is 0.325 e. The molecule has 6 nitrogen and oxygen atoms in total. The van der Waals surface area contributed by atoms with Crippen molar-refractivity contribution in [2.45, 2.75) is 12.8 Å². The summed E-state index contributed by atoms with van der Waals surface area (Å²) >= 11 is 1.48. The summed E-state index contributed by atoms with van der Waals surface area (Å²) in [4.78, 5) is 17.3. The van der Waals surface area contributed by atoms with Gasteiger partial charge in [-0.1, -0.05) is 35.6 Å². The number of nitrogens with one attached hydrogen (secondary N) is 2. The van der Waals surface area contributed by atoms with Gasteiger partial charge in [0.15, 0.2) is 16.6 Å². The minimum Gasteiger partial charge on any atom is -0.493 e. The molecule has 0 fully saturated rings. The van der Waals surface area contributed by atoms with Gasteiger partial charge in [-0.3, -0.25) is 5.32 Å². The molecule has 1 aliphatic rings. The number of nitrogens with zero attached hydrogens (tertiary/aromatic N) is 1. The lowest BCUT2D eigenvalue weighted by molar-refractivity contribution is 0.262. The molecule has 0 bridgehead atoms. The quantitative estimate of drug-likeness (QED) is 0.489. The van der Waals surface area contributed by atoms with Crippen LogP contribution in [0.4, 0.5) is 15.6 Å². The molecule has 5 rings (SSSR count). The van der Waals surface area contributed by atoms with Crippen LogP contribution in [0.2, 0.25) is 0 Å². The van der Waals surface area contributed by atoms with Crippen molar-refractivity contribution in [2.75, 3.05) is 24.9 Å². The van der Waals surface area contributed by atoms with Crippen LogP contribution in [0.5, 0.6) is 11.5 Å². The predicted molar refractivity (Wildman–Crippen MR) is 117 cm³/mol. The Morgan fingerprint density at radius 3 is 2.69 bits per heavy atom. The van der Waals surface area contributed by atoms with Crippen molar-refractivity contribution in [2.24, 2.45) is 0 Å². The predicted octanol–water partition coefficient (Wildman–Crippen LogP) is 5.21. The maximum atomic E-state index is 12.6. The number of anilines is 2. The smallest absolute Gasteiger partial charge is 0.325 e. The van der Waals surface area contributed by atoms with Gasteiger partial charge in [0, 0.05) is 5.39 Å². The third-order valence-electron chi connectivity index (χ3n) is 5.22. The number of thiazole rings is 1. The zero-order chi connectivity index (χ0) is 20.0. The van der Waals surface area contributed by atoms with Crippen molar-refractivity contribution >= 4 is 49.2 Å². The fourth-order valence-corrected chi connectivity index (χ4v) is 4.94. The van der Waals surface area contributed by atoms with Gasteiger partial charge >= 0.3 is 6.03 Å². The van der Waals surface area contributed by atoms with Gasteiger partial charge in [-0.05, 0) is 47.6 Å². The number of amides is 2.